The number of likely N-dealkylation sites (tertiary alicyclic amines) is 1. The molecule has 8 heteroatoms. The molecule has 2 N–H and O–H groups in total. The van der Waals surface area contributed by atoms with E-state index in [4.69, 9.17) is 0 Å². The van der Waals surface area contributed by atoms with E-state index in [0.717, 1.165) is 18.4 Å². The molecule has 1 fully saturated rings. The van der Waals surface area contributed by atoms with Crippen molar-refractivity contribution in [2.75, 3.05) is 19.6 Å². The topological polar surface area (TPSA) is 65.0 Å². The lowest BCUT2D eigenvalue weighted by molar-refractivity contribution is -0.208. The van der Waals surface area contributed by atoms with Crippen LogP contribution in [0.2, 0.25) is 0 Å². The molecule has 1 saturated heterocycles. The van der Waals surface area contributed by atoms with Gasteiger partial charge in [0.05, 0.1) is 0 Å². The second-order valence-corrected chi connectivity index (χ2v) is 6.07. The smallest absolute Gasteiger partial charge is 0.382 e. The number of aliphatic hydroxyl groups excluding tert-OH is 1. The van der Waals surface area contributed by atoms with Crippen LogP contribution < -0.4 is 0 Å². The van der Waals surface area contributed by atoms with Crippen LogP contribution in [0.5, 0.6) is 0 Å². The number of alkyl halides is 3. The second kappa shape index (κ2) is 6.90. The third-order valence-corrected chi connectivity index (χ3v) is 4.24. The number of halogens is 3. The molecule has 1 aliphatic heterocycles. The Bertz CT molecular complexity index is 659. The summed E-state index contributed by atoms with van der Waals surface area (Å²) in [5, 5.41) is 16.4. The molecule has 1 aromatic heterocycles. The van der Waals surface area contributed by atoms with E-state index < -0.39 is 18.8 Å². The Morgan fingerprint density at radius 1 is 1.29 bits per heavy atom. The number of nitrogens with one attached hydrogen (secondary N) is 1. The van der Waals surface area contributed by atoms with E-state index in [1.54, 1.807) is 4.90 Å². The normalized spacial score (nSPS) is 20.9. The van der Waals surface area contributed by atoms with Crippen LogP contribution in [0.1, 0.15) is 24.6 Å². The van der Waals surface area contributed by atoms with Crippen LogP contribution in [-0.4, -0.2) is 57.1 Å². The number of benzene rings is 1. The van der Waals surface area contributed by atoms with Crippen LogP contribution in [0, 0.1) is 0 Å². The number of hydrogen-bond acceptors (Lipinski definition) is 4. The Kier molecular flexibility index (Phi) is 4.86. The number of aliphatic hydroxyl groups is 1. The van der Waals surface area contributed by atoms with Gasteiger partial charge in [0.1, 0.15) is 5.82 Å². The van der Waals surface area contributed by atoms with E-state index in [1.165, 1.54) is 0 Å². The molecule has 3 rings (SSSR count). The van der Waals surface area contributed by atoms with Crippen molar-refractivity contribution >= 4 is 0 Å². The van der Waals surface area contributed by atoms with Gasteiger partial charge in [-0.15, -0.1) is 0 Å². The summed E-state index contributed by atoms with van der Waals surface area (Å²) in [4.78, 5) is 6.12. The number of hydrogen-bond donors (Lipinski definition) is 2. The molecule has 130 valence electrons. The van der Waals surface area contributed by atoms with Crippen LogP contribution in [0.15, 0.2) is 30.3 Å². The largest absolute Gasteiger partial charge is 0.415 e. The highest BCUT2D eigenvalue weighted by Gasteiger charge is 2.40. The van der Waals surface area contributed by atoms with E-state index >= 15 is 0 Å². The first kappa shape index (κ1) is 16.9. The zero-order chi connectivity index (χ0) is 17.2. The molecule has 0 saturated carbocycles. The summed E-state index contributed by atoms with van der Waals surface area (Å²) in [6.07, 6.45) is -5.30. The van der Waals surface area contributed by atoms with Crippen LogP contribution in [0.25, 0.3) is 11.4 Å². The molecule has 24 heavy (non-hydrogen) atoms. The lowest BCUT2D eigenvalue weighted by Crippen LogP contribution is -2.44. The van der Waals surface area contributed by atoms with Gasteiger partial charge in [-0.2, -0.15) is 18.3 Å². The summed E-state index contributed by atoms with van der Waals surface area (Å²) >= 11 is 0. The van der Waals surface area contributed by atoms with E-state index in [0.29, 0.717) is 24.7 Å². The Labute approximate surface area is 137 Å². The summed E-state index contributed by atoms with van der Waals surface area (Å²) in [7, 11) is 0. The van der Waals surface area contributed by atoms with Crippen molar-refractivity contribution in [3.63, 3.8) is 0 Å². The standard InChI is InChI=1S/C16H19F3N4O/c17-16(18,19)13(24)10-23-8-4-7-12(9-23)15-20-14(21-22-15)11-5-2-1-3-6-11/h1-3,5-6,12-13,24H,4,7-10H2,(H,20,21,22)/t12-,13-/m1/s1. The Hall–Kier alpha value is -1.93. The fraction of sp³-hybridized carbons (Fsp3) is 0.500. The number of aromatic nitrogens is 3. The molecule has 0 amide bonds. The van der Waals surface area contributed by atoms with Crippen LogP contribution in [-0.2, 0) is 0 Å². The highest BCUT2D eigenvalue weighted by molar-refractivity contribution is 5.53. The van der Waals surface area contributed by atoms with Gasteiger partial charge in [0.2, 0.25) is 0 Å². The first-order chi connectivity index (χ1) is 11.4. The quantitative estimate of drug-likeness (QED) is 0.898. The number of rotatable bonds is 4. The average Bonchev–Trinajstić information content (AvgIpc) is 3.05. The van der Waals surface area contributed by atoms with Crippen molar-refractivity contribution in [3.05, 3.63) is 36.2 Å². The molecular weight excluding hydrogens is 321 g/mol. The first-order valence-electron chi connectivity index (χ1n) is 7.88. The number of H-pyrrole nitrogens is 1. The fourth-order valence-corrected chi connectivity index (χ4v) is 2.97. The zero-order valence-corrected chi connectivity index (χ0v) is 13.0. The minimum atomic E-state index is -4.58. The minimum absolute atomic E-state index is 0.0101. The van der Waals surface area contributed by atoms with Gasteiger partial charge in [-0.3, -0.25) is 10.00 Å². The summed E-state index contributed by atoms with van der Waals surface area (Å²) in [6, 6.07) is 9.50. The maximum Gasteiger partial charge on any atom is 0.415 e. The highest BCUT2D eigenvalue weighted by atomic mass is 19.4. The molecule has 0 spiro atoms. The van der Waals surface area contributed by atoms with E-state index in [2.05, 4.69) is 15.2 Å². The molecule has 1 aromatic carbocycles. The molecular formula is C16H19F3N4O. The Morgan fingerprint density at radius 2 is 2.04 bits per heavy atom. The Balaban J connectivity index is 1.66. The summed E-state index contributed by atoms with van der Waals surface area (Å²) in [5.74, 6) is 1.25. The molecule has 1 aliphatic rings. The molecule has 2 aromatic rings. The van der Waals surface area contributed by atoms with Gasteiger partial charge in [0.15, 0.2) is 11.9 Å². The third-order valence-electron chi connectivity index (χ3n) is 4.24. The molecule has 0 radical (unpaired) electrons. The van der Waals surface area contributed by atoms with E-state index in [9.17, 15) is 18.3 Å². The first-order valence-corrected chi connectivity index (χ1v) is 7.88. The lowest BCUT2D eigenvalue weighted by atomic mass is 9.97. The third kappa shape index (κ3) is 3.93. The molecule has 2 atom stereocenters. The van der Waals surface area contributed by atoms with Crippen LogP contribution >= 0.6 is 0 Å². The molecule has 2 heterocycles. The maximum absolute atomic E-state index is 12.5. The van der Waals surface area contributed by atoms with Gasteiger partial charge in [0, 0.05) is 24.6 Å². The van der Waals surface area contributed by atoms with E-state index in [1.807, 2.05) is 30.3 Å². The van der Waals surface area contributed by atoms with Crippen LogP contribution in [0.3, 0.4) is 0 Å². The van der Waals surface area contributed by atoms with Crippen molar-refractivity contribution in [1.82, 2.24) is 20.1 Å². The minimum Gasteiger partial charge on any atom is -0.382 e. The van der Waals surface area contributed by atoms with Gasteiger partial charge < -0.3 is 5.11 Å². The van der Waals surface area contributed by atoms with Crippen LogP contribution in [0.4, 0.5) is 13.2 Å². The van der Waals surface area contributed by atoms with Gasteiger partial charge in [-0.25, -0.2) is 4.98 Å². The molecule has 0 bridgehead atoms. The zero-order valence-electron chi connectivity index (χ0n) is 13.0. The lowest BCUT2D eigenvalue weighted by Gasteiger charge is -2.33. The molecule has 5 nitrogen and oxygen atoms in total. The van der Waals surface area contributed by atoms with Crippen molar-refractivity contribution < 1.29 is 18.3 Å². The van der Waals surface area contributed by atoms with Crippen molar-refractivity contribution in [1.29, 1.82) is 0 Å². The molecule has 0 aliphatic carbocycles. The summed E-state index contributed by atoms with van der Waals surface area (Å²) < 4.78 is 37.5. The average molecular weight is 340 g/mol. The number of aromatic amines is 1. The monoisotopic (exact) mass is 340 g/mol. The second-order valence-electron chi connectivity index (χ2n) is 6.07. The number of β-amino-alcohol motifs (C(OH)–C–C–N with tert-alkyl or cyclic N) is 1. The van der Waals surface area contributed by atoms with Gasteiger partial charge in [-0.1, -0.05) is 30.3 Å². The van der Waals surface area contributed by atoms with Gasteiger partial charge in [0.25, 0.3) is 0 Å². The highest BCUT2D eigenvalue weighted by Crippen LogP contribution is 2.28. The van der Waals surface area contributed by atoms with Gasteiger partial charge >= 0.3 is 6.18 Å². The Morgan fingerprint density at radius 3 is 2.75 bits per heavy atom. The SMILES string of the molecule is O[C@H](CN1CCC[C@@H](c2nc(-c3ccccc3)n[nH]2)C1)C(F)(F)F. The fourth-order valence-electron chi connectivity index (χ4n) is 2.97. The van der Waals surface area contributed by atoms with Crippen molar-refractivity contribution in [3.8, 4) is 11.4 Å². The number of nitrogens with zero attached hydrogens (tertiary/aromatic N) is 3. The molecule has 0 unspecified atom stereocenters. The van der Waals surface area contributed by atoms with Gasteiger partial charge in [-0.05, 0) is 19.4 Å². The summed E-state index contributed by atoms with van der Waals surface area (Å²) in [5.41, 5.74) is 0.889. The predicted octanol–water partition coefficient (Wildman–Crippen LogP) is 2.57. The number of piperidine rings is 1. The summed E-state index contributed by atoms with van der Waals surface area (Å²) in [6.45, 7) is 0.569. The maximum atomic E-state index is 12.5. The predicted molar refractivity (Wildman–Crippen MR) is 82.3 cm³/mol. The van der Waals surface area contributed by atoms with Crippen molar-refractivity contribution in [2.24, 2.45) is 0 Å². The van der Waals surface area contributed by atoms with Crippen molar-refractivity contribution in [2.45, 2.75) is 31.0 Å². The van der Waals surface area contributed by atoms with E-state index in [-0.39, 0.29) is 5.92 Å².